The number of nitrogens with zero attached hydrogens (tertiary/aromatic N) is 1. The maximum absolute atomic E-state index is 11.7. The Kier molecular flexibility index (Phi) is 5.26. The zero-order valence-corrected chi connectivity index (χ0v) is 12.6. The van der Waals surface area contributed by atoms with Crippen LogP contribution in [0.2, 0.25) is 0 Å². The van der Waals surface area contributed by atoms with Crippen molar-refractivity contribution in [3.63, 3.8) is 0 Å². The van der Waals surface area contributed by atoms with Crippen LogP contribution in [0.4, 0.5) is 0 Å². The molecule has 1 amide bonds. The quantitative estimate of drug-likeness (QED) is 0.857. The molecule has 0 saturated carbocycles. The van der Waals surface area contributed by atoms with E-state index >= 15 is 0 Å². The smallest absolute Gasteiger partial charge is 0.234 e. The molecule has 0 aliphatic heterocycles. The summed E-state index contributed by atoms with van der Waals surface area (Å²) in [5.41, 5.74) is 2.17. The molecule has 2 N–H and O–H groups in total. The zero-order valence-electron chi connectivity index (χ0n) is 11.8. The molecular formula is C15H19N3OS. The van der Waals surface area contributed by atoms with Crippen molar-refractivity contribution in [1.82, 2.24) is 15.6 Å². The molecule has 20 heavy (non-hydrogen) atoms. The topological polar surface area (TPSA) is 54.0 Å². The summed E-state index contributed by atoms with van der Waals surface area (Å²) in [5, 5.41) is 7.02. The molecule has 1 heterocycles. The van der Waals surface area contributed by atoms with Crippen LogP contribution < -0.4 is 10.6 Å². The number of benzene rings is 1. The van der Waals surface area contributed by atoms with Gasteiger partial charge in [-0.05, 0) is 19.4 Å². The van der Waals surface area contributed by atoms with Crippen molar-refractivity contribution in [2.45, 2.75) is 26.9 Å². The Morgan fingerprint density at radius 3 is 2.60 bits per heavy atom. The number of carbonyl (C=O) groups is 1. The van der Waals surface area contributed by atoms with Gasteiger partial charge in [-0.25, -0.2) is 4.98 Å². The average Bonchev–Trinajstić information content (AvgIpc) is 2.76. The maximum atomic E-state index is 11.7. The highest BCUT2D eigenvalue weighted by Gasteiger charge is 2.05. The number of nitrogens with one attached hydrogen (secondary N) is 2. The van der Waals surface area contributed by atoms with Gasteiger partial charge in [-0.1, -0.05) is 30.3 Å². The van der Waals surface area contributed by atoms with Crippen LogP contribution in [0.25, 0.3) is 0 Å². The van der Waals surface area contributed by atoms with Crippen molar-refractivity contribution >= 4 is 17.2 Å². The molecule has 106 valence electrons. The van der Waals surface area contributed by atoms with E-state index in [-0.39, 0.29) is 5.91 Å². The fourth-order valence-electron chi connectivity index (χ4n) is 1.76. The molecule has 0 radical (unpaired) electrons. The van der Waals surface area contributed by atoms with Crippen LogP contribution in [0.5, 0.6) is 0 Å². The van der Waals surface area contributed by atoms with E-state index in [1.807, 2.05) is 37.3 Å². The molecule has 0 aliphatic carbocycles. The van der Waals surface area contributed by atoms with Crippen molar-refractivity contribution < 1.29 is 4.79 Å². The van der Waals surface area contributed by atoms with E-state index in [1.165, 1.54) is 4.88 Å². The van der Waals surface area contributed by atoms with Crippen molar-refractivity contribution in [2.75, 3.05) is 6.54 Å². The summed E-state index contributed by atoms with van der Waals surface area (Å²) in [6, 6.07) is 9.88. The summed E-state index contributed by atoms with van der Waals surface area (Å²) in [6.07, 6.45) is 0. The molecule has 0 unspecified atom stereocenters. The minimum atomic E-state index is -0.00106. The minimum absolute atomic E-state index is 0.00106. The molecule has 2 aromatic rings. The molecular weight excluding hydrogens is 270 g/mol. The largest absolute Gasteiger partial charge is 0.351 e. The lowest BCUT2D eigenvalue weighted by Crippen LogP contribution is -2.33. The van der Waals surface area contributed by atoms with Gasteiger partial charge in [0, 0.05) is 18.0 Å². The lowest BCUT2D eigenvalue weighted by atomic mass is 10.2. The number of amides is 1. The first-order valence-electron chi connectivity index (χ1n) is 6.59. The summed E-state index contributed by atoms with van der Waals surface area (Å²) in [5.74, 6) is -0.00106. The molecule has 1 aromatic carbocycles. The van der Waals surface area contributed by atoms with Crippen LogP contribution in [0.15, 0.2) is 30.3 Å². The highest BCUT2D eigenvalue weighted by Crippen LogP contribution is 2.15. The molecule has 0 spiro atoms. The van der Waals surface area contributed by atoms with Crippen molar-refractivity contribution in [1.29, 1.82) is 0 Å². The Bertz CT molecular complexity index is 546. The van der Waals surface area contributed by atoms with Gasteiger partial charge in [0.25, 0.3) is 0 Å². The molecule has 0 fully saturated rings. The van der Waals surface area contributed by atoms with Gasteiger partial charge in [0.15, 0.2) is 0 Å². The monoisotopic (exact) mass is 289 g/mol. The van der Waals surface area contributed by atoms with E-state index in [4.69, 9.17) is 0 Å². The molecule has 5 heteroatoms. The second kappa shape index (κ2) is 7.17. The third-order valence-corrected chi connectivity index (χ3v) is 4.04. The highest BCUT2D eigenvalue weighted by atomic mass is 32.1. The summed E-state index contributed by atoms with van der Waals surface area (Å²) in [4.78, 5) is 17.3. The Morgan fingerprint density at radius 1 is 1.20 bits per heavy atom. The van der Waals surface area contributed by atoms with Gasteiger partial charge in [-0.15, -0.1) is 11.3 Å². The molecule has 0 bridgehead atoms. The van der Waals surface area contributed by atoms with E-state index in [1.54, 1.807) is 11.3 Å². The second-order valence-electron chi connectivity index (χ2n) is 4.62. The number of rotatable bonds is 6. The fourth-order valence-corrected chi connectivity index (χ4v) is 2.66. The van der Waals surface area contributed by atoms with Gasteiger partial charge >= 0.3 is 0 Å². The van der Waals surface area contributed by atoms with Crippen LogP contribution in [0.1, 0.15) is 21.1 Å². The van der Waals surface area contributed by atoms with Crippen LogP contribution >= 0.6 is 11.3 Å². The van der Waals surface area contributed by atoms with Crippen LogP contribution in [-0.4, -0.2) is 17.4 Å². The third kappa shape index (κ3) is 4.43. The van der Waals surface area contributed by atoms with Crippen LogP contribution in [0, 0.1) is 13.8 Å². The van der Waals surface area contributed by atoms with Gasteiger partial charge in [0.05, 0.1) is 12.2 Å². The zero-order chi connectivity index (χ0) is 14.4. The Morgan fingerprint density at radius 2 is 1.95 bits per heavy atom. The van der Waals surface area contributed by atoms with E-state index in [9.17, 15) is 4.79 Å². The Labute approximate surface area is 123 Å². The normalized spacial score (nSPS) is 10.5. The van der Waals surface area contributed by atoms with E-state index in [0.717, 1.165) is 16.3 Å². The predicted molar refractivity (Wildman–Crippen MR) is 81.6 cm³/mol. The number of aromatic nitrogens is 1. The maximum Gasteiger partial charge on any atom is 0.234 e. The predicted octanol–water partition coefficient (Wildman–Crippen LogP) is 2.17. The van der Waals surface area contributed by atoms with E-state index in [0.29, 0.717) is 19.6 Å². The fraction of sp³-hybridized carbons (Fsp3) is 0.333. The molecule has 1 aromatic heterocycles. The number of thiazole rings is 1. The SMILES string of the molecule is Cc1nc(CNCC(=O)NCc2ccccc2)sc1C. The van der Waals surface area contributed by atoms with Gasteiger partial charge in [-0.2, -0.15) is 0 Å². The number of hydrogen-bond acceptors (Lipinski definition) is 4. The number of aryl methyl sites for hydroxylation is 2. The Hall–Kier alpha value is -1.72. The molecule has 0 aliphatic rings. The summed E-state index contributed by atoms with van der Waals surface area (Å²) >= 11 is 1.67. The van der Waals surface area contributed by atoms with Crippen molar-refractivity contribution in [3.05, 3.63) is 51.5 Å². The lowest BCUT2D eigenvalue weighted by molar-refractivity contribution is -0.120. The third-order valence-electron chi connectivity index (χ3n) is 2.97. The number of hydrogen-bond donors (Lipinski definition) is 2. The van der Waals surface area contributed by atoms with Gasteiger partial charge in [0.2, 0.25) is 5.91 Å². The van der Waals surface area contributed by atoms with Gasteiger partial charge < -0.3 is 10.6 Å². The Balaban J connectivity index is 1.68. The minimum Gasteiger partial charge on any atom is -0.351 e. The first-order valence-corrected chi connectivity index (χ1v) is 7.41. The average molecular weight is 289 g/mol. The first kappa shape index (κ1) is 14.7. The van der Waals surface area contributed by atoms with Crippen LogP contribution in [0.3, 0.4) is 0 Å². The summed E-state index contributed by atoms with van der Waals surface area (Å²) in [7, 11) is 0. The molecule has 4 nitrogen and oxygen atoms in total. The van der Waals surface area contributed by atoms with Crippen molar-refractivity contribution in [2.24, 2.45) is 0 Å². The number of carbonyl (C=O) groups excluding carboxylic acids is 1. The molecule has 0 atom stereocenters. The lowest BCUT2D eigenvalue weighted by Gasteiger charge is -2.05. The van der Waals surface area contributed by atoms with Gasteiger partial charge in [-0.3, -0.25) is 4.79 Å². The summed E-state index contributed by atoms with van der Waals surface area (Å²) in [6.45, 7) is 5.57. The van der Waals surface area contributed by atoms with Gasteiger partial charge in [0.1, 0.15) is 5.01 Å². The standard InChI is InChI=1S/C15H19N3OS/c1-11-12(2)20-15(18-11)10-16-9-14(19)17-8-13-6-4-3-5-7-13/h3-7,16H,8-10H2,1-2H3,(H,17,19). The van der Waals surface area contributed by atoms with Crippen LogP contribution in [-0.2, 0) is 17.9 Å². The second-order valence-corrected chi connectivity index (χ2v) is 5.90. The first-order chi connectivity index (χ1) is 9.65. The highest BCUT2D eigenvalue weighted by molar-refractivity contribution is 7.11. The molecule has 2 rings (SSSR count). The molecule has 0 saturated heterocycles. The van der Waals surface area contributed by atoms with E-state index < -0.39 is 0 Å². The van der Waals surface area contributed by atoms with E-state index in [2.05, 4.69) is 22.5 Å². The van der Waals surface area contributed by atoms with Crippen molar-refractivity contribution in [3.8, 4) is 0 Å². The summed E-state index contributed by atoms with van der Waals surface area (Å²) < 4.78 is 0.